The molecule has 0 aliphatic heterocycles. The number of amides is 1. The van der Waals surface area contributed by atoms with Crippen molar-refractivity contribution in [2.24, 2.45) is 5.92 Å². The van der Waals surface area contributed by atoms with Crippen LogP contribution < -0.4 is 10.6 Å². The predicted molar refractivity (Wildman–Crippen MR) is 97.2 cm³/mol. The molecule has 0 aliphatic rings. The van der Waals surface area contributed by atoms with Gasteiger partial charge in [-0.15, -0.1) is 0 Å². The summed E-state index contributed by atoms with van der Waals surface area (Å²) in [7, 11) is 0. The normalized spacial score (nSPS) is 11.2. The molecule has 0 saturated heterocycles. The summed E-state index contributed by atoms with van der Waals surface area (Å²) in [6.07, 6.45) is 8.84. The number of rotatable bonds is 14. The summed E-state index contributed by atoms with van der Waals surface area (Å²) in [6, 6.07) is 0.349. The molecule has 0 atom stereocenters. The minimum atomic E-state index is 0. The third-order valence-corrected chi connectivity index (χ3v) is 3.74. The molecule has 4 heteroatoms. The zero-order chi connectivity index (χ0) is 16.8. The van der Waals surface area contributed by atoms with E-state index < -0.39 is 0 Å². The minimum absolute atomic E-state index is 0. The molecule has 0 aromatic rings. The van der Waals surface area contributed by atoms with Gasteiger partial charge in [0, 0.05) is 27.8 Å². The molecule has 2 N–H and O–H groups in total. The molecule has 0 spiro atoms. The Morgan fingerprint density at radius 1 is 0.864 bits per heavy atom. The third kappa shape index (κ3) is 14.1. The van der Waals surface area contributed by atoms with Crippen LogP contribution in [-0.4, -0.2) is 30.8 Å². The van der Waals surface area contributed by atoms with Crippen molar-refractivity contribution in [3.8, 4) is 0 Å². The summed E-state index contributed by atoms with van der Waals surface area (Å²) in [4.78, 5) is 22.9. The molecule has 0 heterocycles. The fourth-order valence-electron chi connectivity index (χ4n) is 2.18. The zero-order valence-corrected chi connectivity index (χ0v) is 15.0. The Bertz CT molecular complexity index is 311. The van der Waals surface area contributed by atoms with Crippen LogP contribution in [0.1, 0.15) is 81.9 Å². The molecule has 0 rings (SSSR count). The molecule has 1 amide bonds. The van der Waals surface area contributed by atoms with E-state index >= 15 is 0 Å². The van der Waals surface area contributed by atoms with Gasteiger partial charge in [0.05, 0.1) is 6.54 Å². The maximum atomic E-state index is 11.5. The standard InChI is InChI=1S/C18H36N2O2.2H2/c1-15(2)17(21)12-10-8-6-5-7-9-11-13-19-18(22)14-20-16(3)4;;/h15-16,20H,5-14H2,1-4H3,(H,19,22);2*1H. The quantitative estimate of drug-likeness (QED) is 0.477. The Balaban J connectivity index is -0.00000220. The molecular weight excluding hydrogens is 276 g/mol. The van der Waals surface area contributed by atoms with E-state index in [1.807, 2.05) is 27.7 Å². The highest BCUT2D eigenvalue weighted by atomic mass is 16.2. The molecule has 0 unspecified atom stereocenters. The highest BCUT2D eigenvalue weighted by molar-refractivity contribution is 5.80. The van der Waals surface area contributed by atoms with Gasteiger partial charge < -0.3 is 10.6 Å². The highest BCUT2D eigenvalue weighted by Crippen LogP contribution is 2.10. The van der Waals surface area contributed by atoms with Gasteiger partial charge in [-0.2, -0.15) is 0 Å². The van der Waals surface area contributed by atoms with E-state index in [1.54, 1.807) is 0 Å². The van der Waals surface area contributed by atoms with Crippen LogP contribution >= 0.6 is 0 Å². The van der Waals surface area contributed by atoms with Crippen molar-refractivity contribution >= 4 is 11.7 Å². The molecule has 22 heavy (non-hydrogen) atoms. The molecular formula is C18H40N2O2. The second-order valence-corrected chi connectivity index (χ2v) is 6.73. The van der Waals surface area contributed by atoms with Crippen molar-refractivity contribution < 1.29 is 12.4 Å². The predicted octanol–water partition coefficient (Wildman–Crippen LogP) is 3.94. The van der Waals surface area contributed by atoms with Crippen LogP contribution in [0.2, 0.25) is 0 Å². The summed E-state index contributed by atoms with van der Waals surface area (Å²) in [5.41, 5.74) is 0. The number of carbonyl (C=O) groups is 2. The van der Waals surface area contributed by atoms with Gasteiger partial charge in [-0.3, -0.25) is 9.59 Å². The fourth-order valence-corrected chi connectivity index (χ4v) is 2.18. The lowest BCUT2D eigenvalue weighted by Crippen LogP contribution is -2.37. The van der Waals surface area contributed by atoms with Crippen molar-refractivity contribution in [3.63, 3.8) is 0 Å². The van der Waals surface area contributed by atoms with Gasteiger partial charge in [0.1, 0.15) is 5.78 Å². The maximum Gasteiger partial charge on any atom is 0.233 e. The van der Waals surface area contributed by atoms with Crippen LogP contribution in [0.15, 0.2) is 0 Å². The Kier molecular flexibility index (Phi) is 13.2. The maximum absolute atomic E-state index is 11.5. The lowest BCUT2D eigenvalue weighted by molar-refractivity contribution is -0.122. The average Bonchev–Trinajstić information content (AvgIpc) is 2.46. The van der Waals surface area contributed by atoms with Gasteiger partial charge in [0.25, 0.3) is 0 Å². The Hall–Kier alpha value is -0.900. The fraction of sp³-hybridized carbons (Fsp3) is 0.889. The second-order valence-electron chi connectivity index (χ2n) is 6.73. The largest absolute Gasteiger partial charge is 0.355 e. The molecule has 4 nitrogen and oxygen atoms in total. The topological polar surface area (TPSA) is 58.2 Å². The van der Waals surface area contributed by atoms with E-state index in [0.717, 1.165) is 32.2 Å². The van der Waals surface area contributed by atoms with Gasteiger partial charge >= 0.3 is 0 Å². The van der Waals surface area contributed by atoms with Crippen LogP contribution in [-0.2, 0) is 9.59 Å². The molecule has 0 radical (unpaired) electrons. The molecule has 0 bridgehead atoms. The van der Waals surface area contributed by atoms with Crippen molar-refractivity contribution in [2.45, 2.75) is 85.1 Å². The number of hydrogen-bond acceptors (Lipinski definition) is 3. The van der Waals surface area contributed by atoms with Gasteiger partial charge in [0.2, 0.25) is 5.91 Å². The first-order valence-corrected chi connectivity index (χ1v) is 8.96. The highest BCUT2D eigenvalue weighted by Gasteiger charge is 2.05. The first kappa shape index (κ1) is 21.1. The monoisotopic (exact) mass is 316 g/mol. The summed E-state index contributed by atoms with van der Waals surface area (Å²) >= 11 is 0. The molecule has 0 aliphatic carbocycles. The van der Waals surface area contributed by atoms with E-state index in [4.69, 9.17) is 0 Å². The first-order valence-electron chi connectivity index (χ1n) is 8.96. The number of carbonyl (C=O) groups excluding carboxylic acids is 2. The van der Waals surface area contributed by atoms with Crippen LogP contribution in [0.4, 0.5) is 0 Å². The van der Waals surface area contributed by atoms with Crippen molar-refractivity contribution in [3.05, 3.63) is 0 Å². The van der Waals surface area contributed by atoms with Gasteiger partial charge in [0.15, 0.2) is 0 Å². The number of Topliss-reactive ketones (excluding diaryl/α,β-unsaturated/α-hetero) is 1. The summed E-state index contributed by atoms with van der Waals surface area (Å²) in [6.45, 7) is 9.20. The van der Waals surface area contributed by atoms with Gasteiger partial charge in [-0.1, -0.05) is 59.8 Å². The van der Waals surface area contributed by atoms with Crippen molar-refractivity contribution in [1.82, 2.24) is 10.6 Å². The molecule has 0 aromatic carbocycles. The summed E-state index contributed by atoms with van der Waals surface area (Å²) in [5.74, 6) is 0.664. The van der Waals surface area contributed by atoms with Crippen molar-refractivity contribution in [2.75, 3.05) is 13.1 Å². The Morgan fingerprint density at radius 3 is 1.95 bits per heavy atom. The van der Waals surface area contributed by atoms with Crippen LogP contribution in [0.3, 0.4) is 0 Å². The number of nitrogens with one attached hydrogen (secondary N) is 2. The number of ketones is 1. The number of hydrogen-bond donors (Lipinski definition) is 2. The van der Waals surface area contributed by atoms with Gasteiger partial charge in [-0.05, 0) is 12.8 Å². The van der Waals surface area contributed by atoms with Crippen LogP contribution in [0.25, 0.3) is 0 Å². The summed E-state index contributed by atoms with van der Waals surface area (Å²) in [5, 5.41) is 6.04. The molecule has 0 aromatic heterocycles. The van der Waals surface area contributed by atoms with Crippen LogP contribution in [0.5, 0.6) is 0 Å². The minimum Gasteiger partial charge on any atom is -0.355 e. The van der Waals surface area contributed by atoms with Gasteiger partial charge in [-0.25, -0.2) is 0 Å². The lowest BCUT2D eigenvalue weighted by atomic mass is 10.0. The van der Waals surface area contributed by atoms with E-state index in [0.29, 0.717) is 18.4 Å². The SMILES string of the molecule is CC(C)NCC(=O)NCCCCCCCCCC(=O)C(C)C.[HH].[HH]. The Morgan fingerprint density at radius 2 is 1.41 bits per heavy atom. The second kappa shape index (κ2) is 13.7. The lowest BCUT2D eigenvalue weighted by Gasteiger charge is -2.08. The smallest absolute Gasteiger partial charge is 0.233 e. The zero-order valence-electron chi connectivity index (χ0n) is 15.0. The van der Waals surface area contributed by atoms with E-state index in [9.17, 15) is 9.59 Å². The first-order chi connectivity index (χ1) is 10.4. The molecule has 0 saturated carbocycles. The third-order valence-electron chi connectivity index (χ3n) is 3.74. The summed E-state index contributed by atoms with van der Waals surface area (Å²) < 4.78 is 0. The van der Waals surface area contributed by atoms with E-state index in [1.165, 1.54) is 25.7 Å². The Labute approximate surface area is 139 Å². The van der Waals surface area contributed by atoms with E-state index in [-0.39, 0.29) is 14.7 Å². The molecule has 0 fully saturated rings. The van der Waals surface area contributed by atoms with Crippen LogP contribution in [0, 0.1) is 5.92 Å². The number of unbranched alkanes of at least 4 members (excludes halogenated alkanes) is 6. The van der Waals surface area contributed by atoms with Crippen molar-refractivity contribution in [1.29, 1.82) is 0 Å². The average molecular weight is 317 g/mol. The molecule has 134 valence electrons. The van der Waals surface area contributed by atoms with E-state index in [2.05, 4.69) is 10.6 Å².